The van der Waals surface area contributed by atoms with Crippen LogP contribution in [-0.2, 0) is 0 Å². The lowest BCUT2D eigenvalue weighted by atomic mass is 9.97. The minimum absolute atomic E-state index is 0.0101. The zero-order valence-corrected chi connectivity index (χ0v) is 14.7. The molecule has 0 amide bonds. The Hall–Kier alpha value is -2.26. The van der Waals surface area contributed by atoms with E-state index in [1.807, 2.05) is 6.92 Å². The van der Waals surface area contributed by atoms with Crippen molar-refractivity contribution in [2.45, 2.75) is 37.9 Å². The van der Waals surface area contributed by atoms with E-state index in [1.54, 1.807) is 9.47 Å². The van der Waals surface area contributed by atoms with E-state index in [1.165, 1.54) is 0 Å². The molecule has 2 fully saturated rings. The summed E-state index contributed by atoms with van der Waals surface area (Å²) in [7, 11) is 0. The maximum absolute atomic E-state index is 15.5. The van der Waals surface area contributed by atoms with Gasteiger partial charge in [0.15, 0.2) is 5.82 Å². The van der Waals surface area contributed by atoms with Crippen LogP contribution < -0.4 is 21.6 Å². The van der Waals surface area contributed by atoms with Crippen molar-refractivity contribution in [1.29, 1.82) is 0 Å². The summed E-state index contributed by atoms with van der Waals surface area (Å²) in [5.74, 6) is -1.57. The molecular weight excluding hydrogens is 362 g/mol. The van der Waals surface area contributed by atoms with Crippen LogP contribution in [0.4, 0.5) is 14.5 Å². The van der Waals surface area contributed by atoms with Crippen molar-refractivity contribution in [1.82, 2.24) is 8.94 Å². The first kappa shape index (κ1) is 16.0. The number of halogens is 2. The average molecular weight is 378 g/mol. The summed E-state index contributed by atoms with van der Waals surface area (Å²) >= 11 is 1.02. The van der Waals surface area contributed by atoms with Crippen LogP contribution >= 0.6 is 11.5 Å². The first-order valence-electron chi connectivity index (χ1n) is 8.49. The molecule has 2 aromatic heterocycles. The molecule has 1 saturated heterocycles. The Bertz CT molecular complexity index is 1190. The van der Waals surface area contributed by atoms with Gasteiger partial charge in [-0.15, -0.1) is 0 Å². The van der Waals surface area contributed by atoms with Gasteiger partial charge in [0.2, 0.25) is 5.43 Å². The minimum Gasteiger partial charge on any atom is -0.361 e. The van der Waals surface area contributed by atoms with E-state index in [2.05, 4.69) is 4.37 Å². The molecule has 1 saturated carbocycles. The van der Waals surface area contributed by atoms with Crippen LogP contribution in [0.15, 0.2) is 15.7 Å². The van der Waals surface area contributed by atoms with E-state index in [9.17, 15) is 14.0 Å². The molecule has 3 N–H and O–H groups in total. The molecule has 6 nitrogen and oxygen atoms in total. The first-order chi connectivity index (χ1) is 12.4. The maximum Gasteiger partial charge on any atom is 0.271 e. The number of hydrogen-bond acceptors (Lipinski definition) is 5. The average Bonchev–Trinajstić information content (AvgIpc) is 3.37. The SMILES string of the molecule is CC1C(N)CN1c1c(F)cc2c(=O)c3c(=O)[nH]sc3n(C3CC3)c2c1F. The number of nitrogens with one attached hydrogen (secondary N) is 1. The van der Waals surface area contributed by atoms with Crippen LogP contribution in [0, 0.1) is 11.6 Å². The summed E-state index contributed by atoms with van der Waals surface area (Å²) in [4.78, 5) is 26.8. The normalized spacial score (nSPS) is 23.0. The topological polar surface area (TPSA) is 84.1 Å². The fourth-order valence-electron chi connectivity index (χ4n) is 3.79. The number of hydrogen-bond donors (Lipinski definition) is 2. The van der Waals surface area contributed by atoms with Crippen LogP contribution in [-0.4, -0.2) is 27.6 Å². The van der Waals surface area contributed by atoms with Gasteiger partial charge in [0.25, 0.3) is 5.56 Å². The fraction of sp³-hybridized carbons (Fsp3) is 0.412. The minimum atomic E-state index is -0.806. The number of aromatic nitrogens is 2. The van der Waals surface area contributed by atoms with Crippen molar-refractivity contribution in [2.75, 3.05) is 11.4 Å². The summed E-state index contributed by atoms with van der Waals surface area (Å²) in [6.07, 6.45) is 1.66. The highest BCUT2D eigenvalue weighted by Gasteiger charge is 2.38. The second-order valence-electron chi connectivity index (χ2n) is 7.12. The second kappa shape index (κ2) is 5.14. The fourth-order valence-corrected chi connectivity index (χ4v) is 4.70. The number of anilines is 1. The molecule has 1 aliphatic heterocycles. The van der Waals surface area contributed by atoms with Crippen LogP contribution in [0.3, 0.4) is 0 Å². The quantitative estimate of drug-likeness (QED) is 0.715. The molecule has 2 atom stereocenters. The Morgan fingerprint density at radius 3 is 2.65 bits per heavy atom. The van der Waals surface area contributed by atoms with Gasteiger partial charge in [-0.1, -0.05) is 0 Å². The van der Waals surface area contributed by atoms with E-state index < -0.39 is 22.6 Å². The Morgan fingerprint density at radius 1 is 1.31 bits per heavy atom. The lowest BCUT2D eigenvalue weighted by Crippen LogP contribution is -2.63. The predicted molar refractivity (Wildman–Crippen MR) is 97.2 cm³/mol. The van der Waals surface area contributed by atoms with E-state index in [0.717, 1.165) is 30.4 Å². The number of aromatic amines is 1. The van der Waals surface area contributed by atoms with Gasteiger partial charge in [-0.25, -0.2) is 8.78 Å². The number of benzene rings is 1. The number of H-pyrrole nitrogens is 1. The zero-order valence-electron chi connectivity index (χ0n) is 13.9. The molecule has 136 valence electrons. The van der Waals surface area contributed by atoms with Crippen molar-refractivity contribution in [3.8, 4) is 0 Å². The number of nitrogens with zero attached hydrogens (tertiary/aromatic N) is 2. The summed E-state index contributed by atoms with van der Waals surface area (Å²) in [6, 6.07) is 0.732. The maximum atomic E-state index is 15.5. The summed E-state index contributed by atoms with van der Waals surface area (Å²) < 4.78 is 34.5. The van der Waals surface area contributed by atoms with Crippen LogP contribution in [0.1, 0.15) is 25.8 Å². The van der Waals surface area contributed by atoms with Gasteiger partial charge >= 0.3 is 0 Å². The molecular formula is C17H16F2N4O2S. The molecule has 0 radical (unpaired) electrons. The van der Waals surface area contributed by atoms with Crippen molar-refractivity contribution >= 4 is 38.3 Å². The highest BCUT2D eigenvalue weighted by atomic mass is 32.1. The van der Waals surface area contributed by atoms with Gasteiger partial charge < -0.3 is 15.2 Å². The molecule has 0 bridgehead atoms. The Balaban J connectivity index is 1.93. The standard InChI is InChI=1S/C17H16F2N4O2S/c1-6-10(20)5-22(6)14-9(18)4-8-13(12(14)19)23(7-2-3-7)17-11(15(8)24)16(25)21-26-17/h4,6-7,10H,2-3,5,20H2,1H3,(H,21,25). The molecule has 3 aromatic rings. The molecule has 9 heteroatoms. The Kier molecular flexibility index (Phi) is 3.15. The Labute approximate surface area is 150 Å². The van der Waals surface area contributed by atoms with Crippen LogP contribution in [0.5, 0.6) is 0 Å². The summed E-state index contributed by atoms with van der Waals surface area (Å²) in [5.41, 5.74) is 4.65. The van der Waals surface area contributed by atoms with Gasteiger partial charge in [0.05, 0.1) is 10.9 Å². The van der Waals surface area contributed by atoms with Crippen molar-refractivity contribution in [3.63, 3.8) is 0 Å². The molecule has 1 aromatic carbocycles. The summed E-state index contributed by atoms with van der Waals surface area (Å²) in [5, 5.41) is -0.121. The molecule has 1 aliphatic carbocycles. The predicted octanol–water partition coefficient (Wildman–Crippen LogP) is 2.05. The number of nitrogens with two attached hydrogens (primary N) is 1. The third kappa shape index (κ3) is 1.92. The number of rotatable bonds is 2. The van der Waals surface area contributed by atoms with Crippen molar-refractivity contribution in [3.05, 3.63) is 38.3 Å². The van der Waals surface area contributed by atoms with Gasteiger partial charge in [-0.3, -0.25) is 14.0 Å². The van der Waals surface area contributed by atoms with Crippen LogP contribution in [0.25, 0.3) is 21.1 Å². The van der Waals surface area contributed by atoms with Crippen LogP contribution in [0.2, 0.25) is 0 Å². The zero-order chi connectivity index (χ0) is 18.3. The molecule has 2 unspecified atom stereocenters. The molecule has 5 rings (SSSR count). The van der Waals surface area contributed by atoms with Gasteiger partial charge in [0, 0.05) is 24.7 Å². The third-order valence-corrected chi connectivity index (χ3v) is 6.38. The molecule has 3 heterocycles. The lowest BCUT2D eigenvalue weighted by Gasteiger charge is -2.46. The van der Waals surface area contributed by atoms with Gasteiger partial charge in [-0.05, 0) is 37.4 Å². The smallest absolute Gasteiger partial charge is 0.271 e. The highest BCUT2D eigenvalue weighted by molar-refractivity contribution is 7.12. The van der Waals surface area contributed by atoms with E-state index in [0.29, 0.717) is 11.4 Å². The number of fused-ring (bicyclic) bond motifs is 2. The largest absolute Gasteiger partial charge is 0.361 e. The lowest BCUT2D eigenvalue weighted by molar-refractivity contribution is 0.392. The van der Waals surface area contributed by atoms with Crippen molar-refractivity contribution in [2.24, 2.45) is 5.73 Å². The van der Waals surface area contributed by atoms with Gasteiger partial charge in [-0.2, -0.15) is 0 Å². The molecule has 0 spiro atoms. The van der Waals surface area contributed by atoms with Crippen molar-refractivity contribution < 1.29 is 8.78 Å². The summed E-state index contributed by atoms with van der Waals surface area (Å²) in [6.45, 7) is 2.17. The van der Waals surface area contributed by atoms with Gasteiger partial charge in [0.1, 0.15) is 21.7 Å². The Morgan fingerprint density at radius 2 is 2.04 bits per heavy atom. The molecule has 26 heavy (non-hydrogen) atoms. The highest BCUT2D eigenvalue weighted by Crippen LogP contribution is 2.42. The first-order valence-corrected chi connectivity index (χ1v) is 9.31. The van der Waals surface area contributed by atoms with E-state index in [-0.39, 0.29) is 40.1 Å². The molecule has 2 aliphatic rings. The number of pyridine rings is 1. The van der Waals surface area contributed by atoms with E-state index >= 15 is 4.39 Å². The van der Waals surface area contributed by atoms with E-state index in [4.69, 9.17) is 5.73 Å². The third-order valence-electron chi connectivity index (χ3n) is 5.50. The second-order valence-corrected chi connectivity index (χ2v) is 7.91. The monoisotopic (exact) mass is 378 g/mol.